The molecule has 5 heteroatoms. The standard InChI is InChI=1S/C13H21N5/c1-3-5-14-10-13-15-6-8-18(13)7-4-12-9-16-17(2)11-12/h6,8-9,11,14H,3-5,7,10H2,1-2H3. The predicted molar refractivity (Wildman–Crippen MR) is 71.1 cm³/mol. The lowest BCUT2D eigenvalue weighted by molar-refractivity contribution is 0.591. The van der Waals surface area contributed by atoms with Gasteiger partial charge in [0.25, 0.3) is 0 Å². The third-order valence-electron chi connectivity index (χ3n) is 2.91. The van der Waals surface area contributed by atoms with Gasteiger partial charge in [0.05, 0.1) is 12.7 Å². The van der Waals surface area contributed by atoms with Crippen molar-refractivity contribution in [1.29, 1.82) is 0 Å². The van der Waals surface area contributed by atoms with Crippen LogP contribution in [0.2, 0.25) is 0 Å². The van der Waals surface area contributed by atoms with Crippen LogP contribution in [0.3, 0.4) is 0 Å². The Bertz CT molecular complexity index is 471. The van der Waals surface area contributed by atoms with Gasteiger partial charge in [0.1, 0.15) is 5.82 Å². The van der Waals surface area contributed by atoms with Crippen LogP contribution >= 0.6 is 0 Å². The molecule has 1 N–H and O–H groups in total. The van der Waals surface area contributed by atoms with Crippen LogP contribution in [0.5, 0.6) is 0 Å². The van der Waals surface area contributed by atoms with Crippen LogP contribution in [-0.2, 0) is 26.6 Å². The van der Waals surface area contributed by atoms with Gasteiger partial charge in [0, 0.05) is 32.2 Å². The molecule has 0 aliphatic rings. The fourth-order valence-corrected chi connectivity index (χ4v) is 1.94. The van der Waals surface area contributed by atoms with E-state index < -0.39 is 0 Å². The lowest BCUT2D eigenvalue weighted by Crippen LogP contribution is -2.18. The Morgan fingerprint density at radius 1 is 1.39 bits per heavy atom. The van der Waals surface area contributed by atoms with Crippen molar-refractivity contribution in [2.75, 3.05) is 6.54 Å². The van der Waals surface area contributed by atoms with Gasteiger partial charge in [-0.3, -0.25) is 4.68 Å². The number of aromatic nitrogens is 4. The SMILES string of the molecule is CCCNCc1nccn1CCc1cnn(C)c1. The van der Waals surface area contributed by atoms with Gasteiger partial charge in [-0.2, -0.15) is 5.10 Å². The Morgan fingerprint density at radius 3 is 3.00 bits per heavy atom. The minimum absolute atomic E-state index is 0.841. The second kappa shape index (κ2) is 6.35. The predicted octanol–water partition coefficient (Wildman–Crippen LogP) is 1.36. The number of nitrogens with zero attached hydrogens (tertiary/aromatic N) is 4. The van der Waals surface area contributed by atoms with Gasteiger partial charge in [0.2, 0.25) is 0 Å². The van der Waals surface area contributed by atoms with Crippen molar-refractivity contribution in [3.8, 4) is 0 Å². The largest absolute Gasteiger partial charge is 0.334 e. The van der Waals surface area contributed by atoms with Crippen LogP contribution in [0.4, 0.5) is 0 Å². The van der Waals surface area contributed by atoms with Crippen LogP contribution in [-0.4, -0.2) is 25.9 Å². The molecule has 0 spiro atoms. The van der Waals surface area contributed by atoms with Crippen molar-refractivity contribution in [2.45, 2.75) is 32.9 Å². The van der Waals surface area contributed by atoms with Gasteiger partial charge >= 0.3 is 0 Å². The first-order valence-electron chi connectivity index (χ1n) is 6.48. The van der Waals surface area contributed by atoms with Crippen LogP contribution in [0.25, 0.3) is 0 Å². The number of imidazole rings is 1. The number of nitrogens with one attached hydrogen (secondary N) is 1. The molecule has 0 radical (unpaired) electrons. The molecule has 5 nitrogen and oxygen atoms in total. The van der Waals surface area contributed by atoms with E-state index in [-0.39, 0.29) is 0 Å². The molecule has 0 aliphatic carbocycles. The van der Waals surface area contributed by atoms with E-state index in [0.29, 0.717) is 0 Å². The van der Waals surface area contributed by atoms with E-state index >= 15 is 0 Å². The van der Waals surface area contributed by atoms with E-state index in [2.05, 4.69) is 33.1 Å². The zero-order valence-corrected chi connectivity index (χ0v) is 11.1. The summed E-state index contributed by atoms with van der Waals surface area (Å²) in [4.78, 5) is 4.39. The molecule has 2 aromatic heterocycles. The average Bonchev–Trinajstić information content (AvgIpc) is 2.96. The summed E-state index contributed by atoms with van der Waals surface area (Å²) in [6, 6.07) is 0. The van der Waals surface area contributed by atoms with Gasteiger partial charge < -0.3 is 9.88 Å². The van der Waals surface area contributed by atoms with E-state index in [0.717, 1.165) is 38.3 Å². The molecule has 98 valence electrons. The van der Waals surface area contributed by atoms with E-state index in [9.17, 15) is 0 Å². The molecule has 2 heterocycles. The van der Waals surface area contributed by atoms with Gasteiger partial charge in [-0.25, -0.2) is 4.98 Å². The first-order valence-corrected chi connectivity index (χ1v) is 6.48. The molecule has 0 saturated heterocycles. The smallest absolute Gasteiger partial charge is 0.122 e. The Balaban J connectivity index is 1.87. The van der Waals surface area contributed by atoms with Crippen molar-refractivity contribution < 1.29 is 0 Å². The van der Waals surface area contributed by atoms with Crippen molar-refractivity contribution in [3.63, 3.8) is 0 Å². The molecular formula is C13H21N5. The summed E-state index contributed by atoms with van der Waals surface area (Å²) < 4.78 is 4.04. The highest BCUT2D eigenvalue weighted by molar-refractivity contribution is 5.04. The Labute approximate surface area is 108 Å². The van der Waals surface area contributed by atoms with E-state index in [1.54, 1.807) is 0 Å². The molecule has 0 atom stereocenters. The fourth-order valence-electron chi connectivity index (χ4n) is 1.94. The molecule has 2 rings (SSSR count). The van der Waals surface area contributed by atoms with Crippen LogP contribution < -0.4 is 5.32 Å². The summed E-state index contributed by atoms with van der Waals surface area (Å²) in [7, 11) is 1.95. The molecular weight excluding hydrogens is 226 g/mol. The van der Waals surface area contributed by atoms with Crippen LogP contribution in [0, 0.1) is 0 Å². The monoisotopic (exact) mass is 247 g/mol. The molecule has 0 unspecified atom stereocenters. The maximum atomic E-state index is 4.39. The van der Waals surface area contributed by atoms with Gasteiger partial charge in [-0.05, 0) is 24.9 Å². The normalized spacial score (nSPS) is 11.0. The highest BCUT2D eigenvalue weighted by Gasteiger charge is 2.03. The van der Waals surface area contributed by atoms with E-state index in [1.165, 1.54) is 5.56 Å². The molecule has 0 amide bonds. The number of hydrogen-bond acceptors (Lipinski definition) is 3. The molecule has 0 fully saturated rings. The molecule has 18 heavy (non-hydrogen) atoms. The van der Waals surface area contributed by atoms with Gasteiger partial charge in [-0.1, -0.05) is 6.92 Å². The molecule has 0 aliphatic heterocycles. The van der Waals surface area contributed by atoms with Crippen molar-refractivity contribution in [2.24, 2.45) is 7.05 Å². The maximum absolute atomic E-state index is 4.39. The minimum Gasteiger partial charge on any atom is -0.334 e. The first-order chi connectivity index (χ1) is 8.79. The number of aryl methyl sites for hydroxylation is 3. The summed E-state index contributed by atoms with van der Waals surface area (Å²) in [6.07, 6.45) is 10.0. The summed E-state index contributed by atoms with van der Waals surface area (Å²) in [5.41, 5.74) is 1.26. The first kappa shape index (κ1) is 12.8. The minimum atomic E-state index is 0.841. The van der Waals surface area contributed by atoms with E-state index in [1.807, 2.05) is 30.3 Å². The van der Waals surface area contributed by atoms with Crippen molar-refractivity contribution >= 4 is 0 Å². The lowest BCUT2D eigenvalue weighted by Gasteiger charge is -2.07. The van der Waals surface area contributed by atoms with Crippen LogP contribution in [0.15, 0.2) is 24.8 Å². The van der Waals surface area contributed by atoms with Gasteiger partial charge in [0.15, 0.2) is 0 Å². The second-order valence-electron chi connectivity index (χ2n) is 4.49. The summed E-state index contributed by atoms with van der Waals surface area (Å²) in [5.74, 6) is 1.10. The van der Waals surface area contributed by atoms with Crippen LogP contribution in [0.1, 0.15) is 24.7 Å². The summed E-state index contributed by atoms with van der Waals surface area (Å²) in [5, 5.41) is 7.56. The zero-order valence-electron chi connectivity index (χ0n) is 11.1. The fraction of sp³-hybridized carbons (Fsp3) is 0.538. The lowest BCUT2D eigenvalue weighted by atomic mass is 10.2. The third-order valence-corrected chi connectivity index (χ3v) is 2.91. The Morgan fingerprint density at radius 2 is 2.28 bits per heavy atom. The van der Waals surface area contributed by atoms with Crippen molar-refractivity contribution in [3.05, 3.63) is 36.2 Å². The number of rotatable bonds is 7. The zero-order chi connectivity index (χ0) is 12.8. The highest BCUT2D eigenvalue weighted by atomic mass is 15.2. The highest BCUT2D eigenvalue weighted by Crippen LogP contribution is 2.03. The third kappa shape index (κ3) is 3.43. The maximum Gasteiger partial charge on any atom is 0.122 e. The summed E-state index contributed by atoms with van der Waals surface area (Å²) in [6.45, 7) is 5.00. The number of hydrogen-bond donors (Lipinski definition) is 1. The Hall–Kier alpha value is -1.62. The van der Waals surface area contributed by atoms with E-state index in [4.69, 9.17) is 0 Å². The molecule has 0 bridgehead atoms. The molecule has 2 aromatic rings. The summed E-state index contributed by atoms with van der Waals surface area (Å²) >= 11 is 0. The topological polar surface area (TPSA) is 47.7 Å². The van der Waals surface area contributed by atoms with Gasteiger partial charge in [-0.15, -0.1) is 0 Å². The quantitative estimate of drug-likeness (QED) is 0.752. The van der Waals surface area contributed by atoms with Crippen molar-refractivity contribution in [1.82, 2.24) is 24.6 Å². The average molecular weight is 247 g/mol. The molecule has 0 aromatic carbocycles. The Kier molecular flexibility index (Phi) is 4.52. The molecule has 0 saturated carbocycles. The second-order valence-corrected chi connectivity index (χ2v) is 4.49.